The van der Waals surface area contributed by atoms with Crippen molar-refractivity contribution in [2.24, 2.45) is 11.8 Å². The molecule has 0 bridgehead atoms. The predicted molar refractivity (Wildman–Crippen MR) is 186 cm³/mol. The third-order valence-electron chi connectivity index (χ3n) is 8.39. The molecule has 3 aliphatic heterocycles. The van der Waals surface area contributed by atoms with Crippen molar-refractivity contribution in [1.29, 1.82) is 0 Å². The first kappa shape index (κ1) is 42.4. The first-order valence-corrected chi connectivity index (χ1v) is 17.4. The summed E-state index contributed by atoms with van der Waals surface area (Å²) in [5, 5.41) is 3.41. The Morgan fingerprint density at radius 3 is 1.30 bits per heavy atom. The molecule has 11 heteroatoms. The summed E-state index contributed by atoms with van der Waals surface area (Å²) < 4.78 is 21.0. The van der Waals surface area contributed by atoms with Crippen molar-refractivity contribution in [3.63, 3.8) is 0 Å². The average Bonchev–Trinajstić information content (AvgIpc) is 2.91. The molecule has 46 heavy (non-hydrogen) atoms. The fourth-order valence-electron chi connectivity index (χ4n) is 6.42. The van der Waals surface area contributed by atoms with Crippen molar-refractivity contribution in [1.82, 2.24) is 24.9 Å². The van der Waals surface area contributed by atoms with E-state index in [9.17, 15) is 9.59 Å². The molecule has 6 atom stereocenters. The Bertz CT molecular complexity index is 847. The number of likely N-dealkylation sites (tertiary alicyclic amines) is 1. The van der Waals surface area contributed by atoms with Gasteiger partial charge in [-0.15, -0.1) is 0 Å². The second-order valence-corrected chi connectivity index (χ2v) is 15.7. The van der Waals surface area contributed by atoms with Crippen LogP contribution in [0.2, 0.25) is 0 Å². The third kappa shape index (κ3) is 16.4. The molecule has 11 nitrogen and oxygen atoms in total. The monoisotopic (exact) mass is 658 g/mol. The highest BCUT2D eigenvalue weighted by Crippen LogP contribution is 2.23. The van der Waals surface area contributed by atoms with Gasteiger partial charge in [0.1, 0.15) is 11.2 Å². The Labute approximate surface area is 282 Å². The molecule has 3 heterocycles. The summed E-state index contributed by atoms with van der Waals surface area (Å²) in [4.78, 5) is 32.4. The van der Waals surface area contributed by atoms with Crippen molar-refractivity contribution in [2.75, 3.05) is 79.8 Å². The van der Waals surface area contributed by atoms with Gasteiger partial charge in [0.05, 0.1) is 13.2 Å². The van der Waals surface area contributed by atoms with E-state index in [0.717, 1.165) is 52.5 Å². The van der Waals surface area contributed by atoms with Gasteiger partial charge in [0.15, 0.2) is 0 Å². The first-order chi connectivity index (χ1) is 21.3. The minimum Gasteiger partial charge on any atom is -0.444 e. The molecule has 1 N–H and O–H groups in total. The Balaban J connectivity index is 0.000000354. The van der Waals surface area contributed by atoms with E-state index in [0.29, 0.717) is 49.1 Å². The summed E-state index contributed by atoms with van der Waals surface area (Å²) in [6.07, 6.45) is 0.831. The summed E-state index contributed by atoms with van der Waals surface area (Å²) in [6, 6.07) is 1.94. The minimum absolute atomic E-state index is 0.166. The normalized spacial score (nSPS) is 28.0. The van der Waals surface area contributed by atoms with Gasteiger partial charge in [-0.05, 0) is 87.5 Å². The number of nitrogens with one attached hydrogen (secondary N) is 1. The van der Waals surface area contributed by atoms with E-state index in [1.54, 1.807) is 14.2 Å². The molecule has 3 aliphatic rings. The first-order valence-electron chi connectivity index (χ1n) is 17.4. The molecule has 272 valence electrons. The summed E-state index contributed by atoms with van der Waals surface area (Å²) in [7, 11) is 3.48. The minimum atomic E-state index is -0.434. The number of nitrogens with zero attached hydrogens (tertiary/aromatic N) is 4. The largest absolute Gasteiger partial charge is 0.444 e. The summed E-state index contributed by atoms with van der Waals surface area (Å²) in [6.45, 7) is 33.4. The maximum Gasteiger partial charge on any atom is 0.410 e. The highest BCUT2D eigenvalue weighted by molar-refractivity contribution is 5.68. The lowest BCUT2D eigenvalue weighted by atomic mass is 9.92. The van der Waals surface area contributed by atoms with E-state index < -0.39 is 5.60 Å². The van der Waals surface area contributed by atoms with Gasteiger partial charge in [0.2, 0.25) is 0 Å². The topological polar surface area (TPSA) is 96.0 Å². The number of carbonyl (C=O) groups excluding carboxylic acids is 2. The van der Waals surface area contributed by atoms with Crippen molar-refractivity contribution in [3.8, 4) is 0 Å². The van der Waals surface area contributed by atoms with E-state index in [1.165, 1.54) is 6.42 Å². The molecule has 2 amide bonds. The number of hydrogen-bond donors (Lipinski definition) is 1. The summed E-state index contributed by atoms with van der Waals surface area (Å²) in [5.41, 5.74) is -0.822. The standard InChI is InChI=1S/C14H28N2O3.C12H23NO2.C9H20N2O/c1-11-9-15(13(17)19-14(3,4)5)10-12(2)16(11)7-8-18-6;1-9-6-10(2)8-13(7-9)11(14)15-12(3,4)5;1-8-6-10-7-9(2)11(8)4-5-12-3/h11-12H,7-10H2,1-6H3;9-10H,6-8H2,1-5H3;8-10H,4-7H2,1-3H3/t11-,12+;9-,10+;8-,9+. The number of rotatable bonds is 6. The second-order valence-electron chi connectivity index (χ2n) is 15.7. The quantitative estimate of drug-likeness (QED) is 0.415. The number of piperidine rings is 1. The molecule has 3 saturated heterocycles. The average molecular weight is 658 g/mol. The highest BCUT2D eigenvalue weighted by Gasteiger charge is 2.34. The molecule has 0 aromatic heterocycles. The third-order valence-corrected chi connectivity index (χ3v) is 8.39. The summed E-state index contributed by atoms with van der Waals surface area (Å²) in [5.74, 6) is 1.17. The van der Waals surface area contributed by atoms with Gasteiger partial charge in [0, 0.05) is 90.7 Å². The van der Waals surface area contributed by atoms with Crippen LogP contribution in [0.4, 0.5) is 9.59 Å². The van der Waals surface area contributed by atoms with Crippen molar-refractivity contribution >= 4 is 12.2 Å². The van der Waals surface area contributed by atoms with Crippen LogP contribution < -0.4 is 5.32 Å². The number of ether oxygens (including phenoxy) is 4. The second kappa shape index (κ2) is 20.0. The number of amides is 2. The van der Waals surface area contributed by atoms with Gasteiger partial charge in [-0.25, -0.2) is 9.59 Å². The van der Waals surface area contributed by atoms with Crippen LogP contribution in [-0.4, -0.2) is 147 Å². The number of hydrogen-bond acceptors (Lipinski definition) is 9. The number of methoxy groups -OCH3 is 2. The predicted octanol–water partition coefficient (Wildman–Crippen LogP) is 5.18. The summed E-state index contributed by atoms with van der Waals surface area (Å²) >= 11 is 0. The van der Waals surface area contributed by atoms with E-state index in [4.69, 9.17) is 18.9 Å². The zero-order valence-corrected chi connectivity index (χ0v) is 32.0. The number of carbonyl (C=O) groups is 2. The van der Waals surface area contributed by atoms with Crippen LogP contribution in [0.5, 0.6) is 0 Å². The zero-order chi connectivity index (χ0) is 35.2. The Hall–Kier alpha value is -1.66. The molecular formula is C35H71N5O6. The lowest BCUT2D eigenvalue weighted by Gasteiger charge is -2.44. The molecule has 0 aromatic rings. The van der Waals surface area contributed by atoms with Crippen LogP contribution in [0, 0.1) is 11.8 Å². The fourth-order valence-corrected chi connectivity index (χ4v) is 6.42. The van der Waals surface area contributed by atoms with Crippen LogP contribution >= 0.6 is 0 Å². The van der Waals surface area contributed by atoms with E-state index >= 15 is 0 Å². The van der Waals surface area contributed by atoms with Crippen molar-refractivity contribution < 1.29 is 28.5 Å². The highest BCUT2D eigenvalue weighted by atomic mass is 16.6. The lowest BCUT2D eigenvalue weighted by Crippen LogP contribution is -2.59. The van der Waals surface area contributed by atoms with Crippen LogP contribution in [0.15, 0.2) is 0 Å². The van der Waals surface area contributed by atoms with Gasteiger partial charge in [-0.2, -0.15) is 0 Å². The molecule has 0 aromatic carbocycles. The van der Waals surface area contributed by atoms with Crippen LogP contribution in [0.3, 0.4) is 0 Å². The van der Waals surface area contributed by atoms with E-state index in [1.807, 2.05) is 51.3 Å². The maximum atomic E-state index is 12.1. The molecule has 0 spiro atoms. The number of piperazine rings is 2. The lowest BCUT2D eigenvalue weighted by molar-refractivity contribution is -0.0126. The smallest absolute Gasteiger partial charge is 0.410 e. The fraction of sp³-hybridized carbons (Fsp3) is 0.943. The van der Waals surface area contributed by atoms with E-state index in [2.05, 4.69) is 56.7 Å². The van der Waals surface area contributed by atoms with Crippen LogP contribution in [0.1, 0.15) is 89.5 Å². The van der Waals surface area contributed by atoms with Crippen LogP contribution in [-0.2, 0) is 18.9 Å². The molecule has 0 saturated carbocycles. The Kier molecular flexibility index (Phi) is 18.4. The van der Waals surface area contributed by atoms with Gasteiger partial charge < -0.3 is 34.1 Å². The zero-order valence-electron chi connectivity index (χ0n) is 32.0. The maximum absolute atomic E-state index is 12.1. The van der Waals surface area contributed by atoms with E-state index in [-0.39, 0.29) is 17.8 Å². The SMILES string of the molecule is COCCN1[C@H](C)CN(C(=O)OC(C)(C)C)C[C@@H]1C.COCCN1[C@H](C)CNC[C@@H]1C.C[C@@H]1C[C@H](C)CN(C(=O)OC(C)(C)C)C1. The molecule has 0 unspecified atom stereocenters. The Morgan fingerprint density at radius 1 is 0.609 bits per heavy atom. The van der Waals surface area contributed by atoms with Gasteiger partial charge in [-0.3, -0.25) is 9.80 Å². The molecule has 3 fully saturated rings. The molecule has 0 radical (unpaired) electrons. The van der Waals surface area contributed by atoms with Crippen molar-refractivity contribution in [3.05, 3.63) is 0 Å². The molecular weight excluding hydrogens is 586 g/mol. The Morgan fingerprint density at radius 2 is 0.957 bits per heavy atom. The van der Waals surface area contributed by atoms with Gasteiger partial charge in [0.25, 0.3) is 0 Å². The van der Waals surface area contributed by atoms with Gasteiger partial charge >= 0.3 is 12.2 Å². The van der Waals surface area contributed by atoms with Crippen LogP contribution in [0.25, 0.3) is 0 Å². The molecule has 0 aliphatic carbocycles. The molecule has 3 rings (SSSR count). The van der Waals surface area contributed by atoms with Gasteiger partial charge in [-0.1, -0.05) is 13.8 Å². The van der Waals surface area contributed by atoms with Crippen molar-refractivity contribution in [2.45, 2.75) is 125 Å².